The van der Waals surface area contributed by atoms with E-state index in [1.165, 1.54) is 5.56 Å². The Labute approximate surface area is 81.1 Å². The average Bonchev–Trinajstić information content (AvgIpc) is 2.54. The number of ether oxygens (including phenoxy) is 1. The number of benzene rings is 1. The average molecular weight is 196 g/mol. The summed E-state index contributed by atoms with van der Waals surface area (Å²) in [7, 11) is 0. The van der Waals surface area contributed by atoms with Gasteiger partial charge in [0.05, 0.1) is 5.25 Å². The summed E-state index contributed by atoms with van der Waals surface area (Å²) in [6, 6.07) is 10.3. The van der Waals surface area contributed by atoms with Crippen LogP contribution < -0.4 is 0 Å². The highest BCUT2D eigenvalue weighted by Gasteiger charge is 2.22. The van der Waals surface area contributed by atoms with Crippen molar-refractivity contribution in [3.05, 3.63) is 35.9 Å². The summed E-state index contributed by atoms with van der Waals surface area (Å²) in [5.41, 5.74) is 1.29. The molecule has 0 amide bonds. The molecule has 1 nitrogen and oxygen atoms in total. The lowest BCUT2D eigenvalue weighted by atomic mass is 10.2. The highest BCUT2D eigenvalue weighted by atomic mass is 32.2. The van der Waals surface area contributed by atoms with Gasteiger partial charge in [0.25, 0.3) is 0 Å². The van der Waals surface area contributed by atoms with Crippen molar-refractivity contribution in [2.45, 2.75) is 5.25 Å². The van der Waals surface area contributed by atoms with Crippen molar-refractivity contribution in [2.75, 3.05) is 6.61 Å². The van der Waals surface area contributed by atoms with Gasteiger partial charge in [0.2, 0.25) is 4.38 Å². The van der Waals surface area contributed by atoms with Crippen molar-refractivity contribution >= 4 is 28.4 Å². The van der Waals surface area contributed by atoms with Crippen LogP contribution in [0.25, 0.3) is 0 Å². The van der Waals surface area contributed by atoms with E-state index in [0.29, 0.717) is 16.2 Å². The zero-order valence-corrected chi connectivity index (χ0v) is 8.03. The minimum Gasteiger partial charge on any atom is -0.477 e. The summed E-state index contributed by atoms with van der Waals surface area (Å²) in [6.45, 7) is 0.716. The second-order valence-electron chi connectivity index (χ2n) is 2.58. The van der Waals surface area contributed by atoms with E-state index < -0.39 is 0 Å². The van der Waals surface area contributed by atoms with E-state index >= 15 is 0 Å². The Morgan fingerprint density at radius 2 is 2.08 bits per heavy atom. The third kappa shape index (κ3) is 1.62. The van der Waals surface area contributed by atoms with Gasteiger partial charge in [-0.3, -0.25) is 0 Å². The Hall–Kier alpha value is -0.540. The van der Waals surface area contributed by atoms with E-state index in [0.717, 1.165) is 0 Å². The number of rotatable bonds is 1. The molecule has 0 aliphatic carbocycles. The molecule has 1 saturated heterocycles. The maximum absolute atomic E-state index is 5.21. The first-order valence-corrected chi connectivity index (χ1v) is 5.03. The lowest BCUT2D eigenvalue weighted by Crippen LogP contribution is -1.93. The molecule has 0 saturated carbocycles. The Morgan fingerprint density at radius 3 is 2.67 bits per heavy atom. The molecule has 0 unspecified atom stereocenters. The highest BCUT2D eigenvalue weighted by molar-refractivity contribution is 8.23. The molecule has 0 radical (unpaired) electrons. The largest absolute Gasteiger partial charge is 0.477 e. The molecule has 1 aliphatic rings. The lowest BCUT2D eigenvalue weighted by molar-refractivity contribution is 0.337. The van der Waals surface area contributed by atoms with Gasteiger partial charge in [-0.05, 0) is 17.8 Å². The number of thioether (sulfide) groups is 1. The minimum absolute atomic E-state index is 0.402. The van der Waals surface area contributed by atoms with E-state index in [9.17, 15) is 0 Å². The number of hydrogen-bond acceptors (Lipinski definition) is 3. The van der Waals surface area contributed by atoms with E-state index in [1.807, 2.05) is 18.2 Å². The van der Waals surface area contributed by atoms with E-state index in [2.05, 4.69) is 12.1 Å². The molecular formula is C9H8OS2. The Morgan fingerprint density at radius 1 is 1.33 bits per heavy atom. The summed E-state index contributed by atoms with van der Waals surface area (Å²) in [5, 5.41) is 0.402. The lowest BCUT2D eigenvalue weighted by Gasteiger charge is -2.03. The Balaban J connectivity index is 2.16. The molecule has 62 valence electrons. The smallest absolute Gasteiger partial charge is 0.220 e. The van der Waals surface area contributed by atoms with Crippen LogP contribution >= 0.6 is 24.0 Å². The first-order valence-electron chi connectivity index (χ1n) is 3.74. The van der Waals surface area contributed by atoms with Crippen LogP contribution in [0.3, 0.4) is 0 Å². The van der Waals surface area contributed by atoms with Crippen molar-refractivity contribution in [1.29, 1.82) is 0 Å². The van der Waals surface area contributed by atoms with Crippen LogP contribution in [0.2, 0.25) is 0 Å². The molecule has 0 aromatic heterocycles. The molecule has 1 heterocycles. The molecule has 0 bridgehead atoms. The van der Waals surface area contributed by atoms with Gasteiger partial charge in [0.1, 0.15) is 6.61 Å². The Kier molecular flexibility index (Phi) is 2.33. The van der Waals surface area contributed by atoms with Crippen molar-refractivity contribution in [2.24, 2.45) is 0 Å². The number of thiocarbonyl (C=S) groups is 1. The summed E-state index contributed by atoms with van der Waals surface area (Å²) in [6.07, 6.45) is 0. The van der Waals surface area contributed by atoms with Gasteiger partial charge < -0.3 is 4.74 Å². The third-order valence-corrected chi connectivity index (χ3v) is 3.17. The van der Waals surface area contributed by atoms with Crippen LogP contribution in [0.15, 0.2) is 30.3 Å². The zero-order chi connectivity index (χ0) is 8.39. The second kappa shape index (κ2) is 3.46. The molecule has 0 spiro atoms. The molecule has 3 heteroatoms. The molecule has 1 aromatic carbocycles. The zero-order valence-electron chi connectivity index (χ0n) is 6.40. The van der Waals surface area contributed by atoms with Crippen molar-refractivity contribution in [3.63, 3.8) is 0 Å². The highest BCUT2D eigenvalue weighted by Crippen LogP contribution is 2.35. The molecule has 1 fully saturated rings. The molecule has 0 N–H and O–H groups in total. The predicted molar refractivity (Wildman–Crippen MR) is 55.3 cm³/mol. The van der Waals surface area contributed by atoms with E-state index in [-0.39, 0.29) is 0 Å². The maximum atomic E-state index is 5.21. The molecule has 1 aliphatic heterocycles. The predicted octanol–water partition coefficient (Wildman–Crippen LogP) is 2.78. The normalized spacial score (nSPS) is 22.3. The topological polar surface area (TPSA) is 9.23 Å². The second-order valence-corrected chi connectivity index (χ2v) is 4.38. The fourth-order valence-electron chi connectivity index (χ4n) is 1.16. The van der Waals surface area contributed by atoms with Crippen molar-refractivity contribution in [1.82, 2.24) is 0 Å². The SMILES string of the molecule is S=C1OC[C@@H](c2ccccc2)S1. The van der Waals surface area contributed by atoms with Gasteiger partial charge in [-0.2, -0.15) is 0 Å². The molecule has 12 heavy (non-hydrogen) atoms. The summed E-state index contributed by atoms with van der Waals surface area (Å²) < 4.78 is 5.88. The van der Waals surface area contributed by atoms with Crippen LogP contribution in [0.5, 0.6) is 0 Å². The maximum Gasteiger partial charge on any atom is 0.220 e. The van der Waals surface area contributed by atoms with E-state index in [1.54, 1.807) is 11.8 Å². The summed E-state index contributed by atoms with van der Waals surface area (Å²) >= 11 is 6.56. The molecule has 1 aromatic rings. The van der Waals surface area contributed by atoms with Gasteiger partial charge >= 0.3 is 0 Å². The monoisotopic (exact) mass is 196 g/mol. The van der Waals surface area contributed by atoms with Gasteiger partial charge in [-0.1, -0.05) is 42.1 Å². The van der Waals surface area contributed by atoms with Crippen LogP contribution in [0.4, 0.5) is 0 Å². The van der Waals surface area contributed by atoms with Crippen molar-refractivity contribution in [3.8, 4) is 0 Å². The summed E-state index contributed by atoms with van der Waals surface area (Å²) in [5.74, 6) is 0. The first kappa shape index (κ1) is 8.08. The Bertz CT molecular complexity index is 284. The third-order valence-electron chi connectivity index (χ3n) is 1.76. The molecule has 1 atom stereocenters. The van der Waals surface area contributed by atoms with Gasteiger partial charge in [0, 0.05) is 0 Å². The molecule has 2 rings (SSSR count). The number of hydrogen-bond donors (Lipinski definition) is 0. The van der Waals surface area contributed by atoms with E-state index in [4.69, 9.17) is 17.0 Å². The first-order chi connectivity index (χ1) is 5.86. The van der Waals surface area contributed by atoms with Crippen molar-refractivity contribution < 1.29 is 4.74 Å². The summed E-state index contributed by atoms with van der Waals surface area (Å²) in [4.78, 5) is 0. The quantitative estimate of drug-likeness (QED) is 0.639. The van der Waals surface area contributed by atoms with Crippen LogP contribution in [-0.2, 0) is 4.74 Å². The fourth-order valence-corrected chi connectivity index (χ4v) is 2.37. The van der Waals surface area contributed by atoms with Crippen LogP contribution in [-0.4, -0.2) is 11.0 Å². The van der Waals surface area contributed by atoms with Gasteiger partial charge in [-0.25, -0.2) is 0 Å². The van der Waals surface area contributed by atoms with Crippen LogP contribution in [0, 0.1) is 0 Å². The van der Waals surface area contributed by atoms with Gasteiger partial charge in [-0.15, -0.1) is 0 Å². The minimum atomic E-state index is 0.402. The van der Waals surface area contributed by atoms with Gasteiger partial charge in [0.15, 0.2) is 0 Å². The fraction of sp³-hybridized carbons (Fsp3) is 0.222. The standard InChI is InChI=1S/C9H8OS2/c11-9-10-6-8(12-9)7-4-2-1-3-5-7/h1-5,8H,6H2/t8-/m0/s1. The van der Waals surface area contributed by atoms with Crippen LogP contribution in [0.1, 0.15) is 10.8 Å². The molecular weight excluding hydrogens is 188 g/mol.